The lowest BCUT2D eigenvalue weighted by Gasteiger charge is -2.43. The molecule has 3 aliphatic rings. The van der Waals surface area contributed by atoms with Gasteiger partial charge in [0.2, 0.25) is 0 Å². The molecule has 6 nitrogen and oxygen atoms in total. The second-order valence-electron chi connectivity index (χ2n) is 3.78. The molecule has 3 aliphatic heterocycles. The van der Waals surface area contributed by atoms with Crippen LogP contribution in [0.1, 0.15) is 13.3 Å². The topological polar surface area (TPSA) is 71.1 Å². The van der Waals surface area contributed by atoms with Crippen molar-refractivity contribution in [3.8, 4) is 0 Å². The highest BCUT2D eigenvalue weighted by Gasteiger charge is 2.51. The zero-order chi connectivity index (χ0) is 10.9. The quantitative estimate of drug-likeness (QED) is 0.540. The third kappa shape index (κ3) is 2.23. The van der Waals surface area contributed by atoms with Crippen molar-refractivity contribution in [2.45, 2.75) is 13.3 Å². The molecule has 0 saturated carbocycles. The summed E-state index contributed by atoms with van der Waals surface area (Å²) >= 11 is 0. The number of ether oxygens (including phenoxy) is 1. The second kappa shape index (κ2) is 3.87. The smallest absolute Gasteiger partial charge is 0.465 e. The molecule has 2 bridgehead atoms. The number of carbonyl (C=O) groups is 1. The Morgan fingerprint density at radius 1 is 1.33 bits per heavy atom. The summed E-state index contributed by atoms with van der Waals surface area (Å²) in [5.41, 5.74) is -0.489. The van der Waals surface area contributed by atoms with E-state index in [2.05, 4.69) is 0 Å². The lowest BCUT2D eigenvalue weighted by atomic mass is 9.92. The fraction of sp³-hybridized carbons (Fsp3) is 0.875. The number of rotatable bonds is 3. The minimum absolute atomic E-state index is 0.180. The van der Waals surface area contributed by atoms with Crippen LogP contribution in [0.15, 0.2) is 0 Å². The molecular weight excluding hydrogens is 223 g/mol. The number of fused-ring (bicyclic) bond motifs is 3. The highest BCUT2D eigenvalue weighted by molar-refractivity contribution is 7.48. The molecule has 0 N–H and O–H groups in total. The van der Waals surface area contributed by atoms with Crippen LogP contribution in [0, 0.1) is 5.41 Å². The Bertz CT molecular complexity index is 283. The van der Waals surface area contributed by atoms with E-state index in [1.165, 1.54) is 0 Å². The summed E-state index contributed by atoms with van der Waals surface area (Å²) in [7, 11) is -3.27. The van der Waals surface area contributed by atoms with E-state index in [9.17, 15) is 9.36 Å². The van der Waals surface area contributed by atoms with Crippen molar-refractivity contribution in [3.63, 3.8) is 0 Å². The Kier molecular flexibility index (Phi) is 2.85. The standard InChI is InChI=1S/C8H13O6P/c1-2-7(9)11-3-8-4-12-15(10,13-5-8)14-6-8/h2-6H2,1H3. The van der Waals surface area contributed by atoms with Crippen LogP contribution in [0.5, 0.6) is 0 Å². The number of esters is 1. The number of phosphoric ester groups is 1. The normalized spacial score (nSPS) is 39.0. The van der Waals surface area contributed by atoms with Crippen molar-refractivity contribution in [3.05, 3.63) is 0 Å². The second-order valence-corrected chi connectivity index (χ2v) is 5.45. The molecule has 3 saturated heterocycles. The summed E-state index contributed by atoms with van der Waals surface area (Å²) in [6.45, 7) is 2.66. The Balaban J connectivity index is 1.92. The van der Waals surface area contributed by atoms with Gasteiger partial charge in [-0.3, -0.25) is 18.4 Å². The van der Waals surface area contributed by atoms with E-state index in [1.54, 1.807) is 6.92 Å². The van der Waals surface area contributed by atoms with Gasteiger partial charge in [-0.1, -0.05) is 6.92 Å². The molecular formula is C8H13O6P. The van der Waals surface area contributed by atoms with Gasteiger partial charge in [0, 0.05) is 6.42 Å². The molecule has 0 aromatic rings. The SMILES string of the molecule is CCC(=O)OCC12COP(=O)(OC1)OC2. The number of hydrogen-bond acceptors (Lipinski definition) is 6. The van der Waals surface area contributed by atoms with Crippen LogP contribution in [-0.2, 0) is 27.7 Å². The zero-order valence-corrected chi connectivity index (χ0v) is 9.33. The summed E-state index contributed by atoms with van der Waals surface area (Å²) < 4.78 is 31.3. The maximum atomic E-state index is 11.4. The fourth-order valence-corrected chi connectivity index (χ4v) is 2.86. The summed E-state index contributed by atoms with van der Waals surface area (Å²) in [5.74, 6) is -0.274. The van der Waals surface area contributed by atoms with Gasteiger partial charge >= 0.3 is 13.8 Å². The third-order valence-corrected chi connectivity index (χ3v) is 3.75. The van der Waals surface area contributed by atoms with Gasteiger partial charge in [0.05, 0.1) is 25.2 Å². The summed E-state index contributed by atoms with van der Waals surface area (Å²) in [6.07, 6.45) is 0.331. The predicted octanol–water partition coefficient (Wildman–Crippen LogP) is 1.11. The molecule has 0 unspecified atom stereocenters. The Hall–Kier alpha value is -0.420. The number of hydrogen-bond donors (Lipinski definition) is 0. The fourth-order valence-electron chi connectivity index (χ4n) is 1.35. The van der Waals surface area contributed by atoms with Gasteiger partial charge in [-0.05, 0) is 0 Å². The highest BCUT2D eigenvalue weighted by atomic mass is 31.2. The minimum Gasteiger partial charge on any atom is -0.465 e. The minimum atomic E-state index is -3.27. The molecule has 3 fully saturated rings. The van der Waals surface area contributed by atoms with Crippen molar-refractivity contribution in [1.82, 2.24) is 0 Å². The van der Waals surface area contributed by atoms with Gasteiger partial charge in [0.25, 0.3) is 0 Å². The zero-order valence-electron chi connectivity index (χ0n) is 8.43. The van der Waals surface area contributed by atoms with Crippen molar-refractivity contribution in [2.24, 2.45) is 5.41 Å². The van der Waals surface area contributed by atoms with Crippen molar-refractivity contribution < 1.29 is 27.7 Å². The summed E-state index contributed by atoms with van der Waals surface area (Å²) in [4.78, 5) is 11.0. The van der Waals surface area contributed by atoms with E-state index < -0.39 is 13.2 Å². The van der Waals surface area contributed by atoms with E-state index >= 15 is 0 Å². The van der Waals surface area contributed by atoms with Gasteiger partial charge in [0.15, 0.2) is 0 Å². The van der Waals surface area contributed by atoms with Crippen LogP contribution in [0.2, 0.25) is 0 Å². The number of carbonyl (C=O) groups excluding carboxylic acids is 1. The van der Waals surface area contributed by atoms with Crippen molar-refractivity contribution in [1.29, 1.82) is 0 Å². The lowest BCUT2D eigenvalue weighted by Crippen LogP contribution is -2.48. The highest BCUT2D eigenvalue weighted by Crippen LogP contribution is 2.59. The van der Waals surface area contributed by atoms with E-state index in [-0.39, 0.29) is 32.4 Å². The largest absolute Gasteiger partial charge is 0.474 e. The van der Waals surface area contributed by atoms with Crippen molar-refractivity contribution in [2.75, 3.05) is 26.4 Å². The van der Waals surface area contributed by atoms with Gasteiger partial charge in [-0.15, -0.1) is 0 Å². The Labute approximate surface area is 87.4 Å². The molecule has 0 atom stereocenters. The van der Waals surface area contributed by atoms with E-state index in [0.29, 0.717) is 6.42 Å². The molecule has 3 rings (SSSR count). The average molecular weight is 236 g/mol. The monoisotopic (exact) mass is 236 g/mol. The van der Waals surface area contributed by atoms with Crippen LogP contribution in [-0.4, -0.2) is 32.4 Å². The van der Waals surface area contributed by atoms with E-state index in [4.69, 9.17) is 18.3 Å². The average Bonchev–Trinajstić information content (AvgIpc) is 2.28. The van der Waals surface area contributed by atoms with Crippen LogP contribution in [0.4, 0.5) is 0 Å². The molecule has 0 spiro atoms. The Morgan fingerprint density at radius 2 is 1.87 bits per heavy atom. The maximum absolute atomic E-state index is 11.4. The molecule has 0 aromatic heterocycles. The van der Waals surface area contributed by atoms with Crippen LogP contribution in [0.3, 0.4) is 0 Å². The molecule has 0 aromatic carbocycles. The lowest BCUT2D eigenvalue weighted by molar-refractivity contribution is -0.159. The van der Waals surface area contributed by atoms with E-state index in [1.807, 2.05) is 0 Å². The first kappa shape index (κ1) is 11.1. The molecule has 3 heterocycles. The number of phosphoric acid groups is 1. The van der Waals surface area contributed by atoms with Crippen LogP contribution < -0.4 is 0 Å². The molecule has 0 aliphatic carbocycles. The van der Waals surface area contributed by atoms with E-state index in [0.717, 1.165) is 0 Å². The van der Waals surface area contributed by atoms with Crippen molar-refractivity contribution >= 4 is 13.8 Å². The first-order chi connectivity index (χ1) is 7.08. The van der Waals surface area contributed by atoms with Gasteiger partial charge < -0.3 is 4.74 Å². The summed E-state index contributed by atoms with van der Waals surface area (Å²) in [5, 5.41) is 0. The molecule has 15 heavy (non-hydrogen) atoms. The van der Waals surface area contributed by atoms with Gasteiger partial charge in [-0.25, -0.2) is 4.57 Å². The maximum Gasteiger partial charge on any atom is 0.474 e. The first-order valence-corrected chi connectivity index (χ1v) is 6.23. The summed E-state index contributed by atoms with van der Waals surface area (Å²) in [6, 6.07) is 0. The van der Waals surface area contributed by atoms with Gasteiger partial charge in [-0.2, -0.15) is 0 Å². The molecule has 0 radical (unpaired) electrons. The van der Waals surface area contributed by atoms with Gasteiger partial charge in [0.1, 0.15) is 6.61 Å². The molecule has 86 valence electrons. The first-order valence-electron chi connectivity index (χ1n) is 4.77. The third-order valence-electron chi connectivity index (χ3n) is 2.41. The molecule has 0 amide bonds. The van der Waals surface area contributed by atoms with Crippen LogP contribution >= 0.6 is 7.82 Å². The van der Waals surface area contributed by atoms with Crippen LogP contribution in [0.25, 0.3) is 0 Å². The Morgan fingerprint density at radius 3 is 2.33 bits per heavy atom. The predicted molar refractivity (Wildman–Crippen MR) is 49.1 cm³/mol. The molecule has 7 heteroatoms.